The van der Waals surface area contributed by atoms with Crippen molar-refractivity contribution in [1.82, 2.24) is 15.0 Å². The first-order valence-corrected chi connectivity index (χ1v) is 8.92. The second kappa shape index (κ2) is 5.88. The van der Waals surface area contributed by atoms with E-state index in [4.69, 9.17) is 0 Å². The Bertz CT molecular complexity index is 978. The molecule has 2 aromatic carbocycles. The Morgan fingerprint density at radius 1 is 1.17 bits per heavy atom. The summed E-state index contributed by atoms with van der Waals surface area (Å²) < 4.78 is 32.6. The minimum atomic E-state index is -4.42. The van der Waals surface area contributed by atoms with Crippen molar-refractivity contribution in [2.45, 2.75) is 31.1 Å². The van der Waals surface area contributed by atoms with Crippen molar-refractivity contribution in [3.63, 3.8) is 0 Å². The SMILES string of the molecule is CCC(C)c1cc(S(=O)(=O)O)cc(-n2nc3ccccc3n2)c1O. The van der Waals surface area contributed by atoms with Crippen LogP contribution in [0, 0.1) is 0 Å². The Balaban J connectivity index is 2.29. The fraction of sp³-hybridized carbons (Fsp3) is 0.250. The maximum atomic E-state index is 11.6. The summed E-state index contributed by atoms with van der Waals surface area (Å²) in [6.45, 7) is 3.78. The second-order valence-electron chi connectivity index (χ2n) is 5.64. The molecule has 24 heavy (non-hydrogen) atoms. The van der Waals surface area contributed by atoms with Gasteiger partial charge in [0.1, 0.15) is 22.5 Å². The molecule has 0 aliphatic carbocycles. The van der Waals surface area contributed by atoms with Crippen LogP contribution in [0.2, 0.25) is 0 Å². The smallest absolute Gasteiger partial charge is 0.294 e. The minimum absolute atomic E-state index is 0.0999. The molecular weight excluding hydrogens is 330 g/mol. The Labute approximate surface area is 139 Å². The van der Waals surface area contributed by atoms with E-state index in [1.165, 1.54) is 10.9 Å². The van der Waals surface area contributed by atoms with E-state index >= 15 is 0 Å². The lowest BCUT2D eigenvalue weighted by Crippen LogP contribution is -2.07. The van der Waals surface area contributed by atoms with E-state index in [9.17, 15) is 18.1 Å². The fourth-order valence-corrected chi connectivity index (χ4v) is 3.02. The standard InChI is InChI=1S/C16H17N3O4S/c1-3-10(2)12-8-11(24(21,22)23)9-15(16(12)20)19-17-13-6-4-5-7-14(13)18-19/h4-10,20H,3H2,1-2H3,(H,21,22,23). The number of aromatic hydroxyl groups is 1. The van der Waals surface area contributed by atoms with Gasteiger partial charge in [0.2, 0.25) is 0 Å². The molecule has 0 fully saturated rings. The molecule has 1 unspecified atom stereocenters. The number of fused-ring (bicyclic) bond motifs is 1. The minimum Gasteiger partial charge on any atom is -0.505 e. The zero-order valence-electron chi connectivity index (χ0n) is 13.2. The number of benzene rings is 2. The van der Waals surface area contributed by atoms with E-state index in [0.29, 0.717) is 23.0 Å². The quantitative estimate of drug-likeness (QED) is 0.703. The molecule has 8 heteroatoms. The van der Waals surface area contributed by atoms with Crippen LogP contribution in [0.5, 0.6) is 5.75 Å². The number of phenolic OH excluding ortho intramolecular Hbond substituents is 1. The third-order valence-corrected chi connectivity index (χ3v) is 4.87. The van der Waals surface area contributed by atoms with Gasteiger partial charge in [0.05, 0.1) is 4.90 Å². The number of phenols is 1. The van der Waals surface area contributed by atoms with Crippen molar-refractivity contribution in [3.8, 4) is 11.4 Å². The summed E-state index contributed by atoms with van der Waals surface area (Å²) in [7, 11) is -4.42. The molecule has 7 nitrogen and oxygen atoms in total. The summed E-state index contributed by atoms with van der Waals surface area (Å²) in [5, 5.41) is 19.1. The molecule has 1 heterocycles. The molecule has 0 saturated carbocycles. The maximum Gasteiger partial charge on any atom is 0.294 e. The third-order valence-electron chi connectivity index (χ3n) is 4.04. The lowest BCUT2D eigenvalue weighted by Gasteiger charge is -2.15. The molecule has 3 aromatic rings. The fourth-order valence-electron chi connectivity index (χ4n) is 2.48. The highest BCUT2D eigenvalue weighted by atomic mass is 32.2. The van der Waals surface area contributed by atoms with Crippen LogP contribution in [0.15, 0.2) is 41.3 Å². The topological polar surface area (TPSA) is 105 Å². The average molecular weight is 347 g/mol. The van der Waals surface area contributed by atoms with Gasteiger partial charge in [-0.25, -0.2) is 0 Å². The normalized spacial score (nSPS) is 13.3. The van der Waals surface area contributed by atoms with E-state index in [-0.39, 0.29) is 22.3 Å². The molecule has 1 atom stereocenters. The molecule has 126 valence electrons. The van der Waals surface area contributed by atoms with Crippen LogP contribution in [0.3, 0.4) is 0 Å². The molecule has 0 aliphatic heterocycles. The first-order valence-electron chi connectivity index (χ1n) is 7.48. The van der Waals surface area contributed by atoms with Crippen molar-refractivity contribution in [2.75, 3.05) is 0 Å². The number of rotatable bonds is 4. The second-order valence-corrected chi connectivity index (χ2v) is 7.06. The summed E-state index contributed by atoms with van der Waals surface area (Å²) in [5.74, 6) is -0.201. The maximum absolute atomic E-state index is 11.6. The molecule has 0 bridgehead atoms. The van der Waals surface area contributed by atoms with Crippen LogP contribution in [-0.2, 0) is 10.1 Å². The van der Waals surface area contributed by atoms with Crippen molar-refractivity contribution >= 4 is 21.2 Å². The van der Waals surface area contributed by atoms with Gasteiger partial charge in [-0.05, 0) is 36.6 Å². The van der Waals surface area contributed by atoms with Gasteiger partial charge in [-0.15, -0.1) is 15.0 Å². The predicted molar refractivity (Wildman–Crippen MR) is 89.1 cm³/mol. The summed E-state index contributed by atoms with van der Waals surface area (Å²) in [4.78, 5) is 0.882. The van der Waals surface area contributed by atoms with Gasteiger partial charge in [-0.2, -0.15) is 8.42 Å². The molecule has 0 saturated heterocycles. The highest BCUT2D eigenvalue weighted by molar-refractivity contribution is 7.85. The van der Waals surface area contributed by atoms with Gasteiger partial charge >= 0.3 is 0 Å². The zero-order valence-corrected chi connectivity index (χ0v) is 14.0. The first kappa shape index (κ1) is 16.4. The van der Waals surface area contributed by atoms with E-state index in [0.717, 1.165) is 6.07 Å². The predicted octanol–water partition coefficient (Wildman–Crippen LogP) is 2.89. The lowest BCUT2D eigenvalue weighted by atomic mass is 9.97. The summed E-state index contributed by atoms with van der Waals surface area (Å²) >= 11 is 0. The van der Waals surface area contributed by atoms with Crippen LogP contribution >= 0.6 is 0 Å². The Morgan fingerprint density at radius 2 is 1.75 bits per heavy atom. The van der Waals surface area contributed by atoms with E-state index in [1.54, 1.807) is 24.3 Å². The molecule has 0 aliphatic rings. The van der Waals surface area contributed by atoms with E-state index in [1.807, 2.05) is 13.8 Å². The van der Waals surface area contributed by atoms with Crippen LogP contribution in [0.25, 0.3) is 16.7 Å². The molecule has 0 amide bonds. The zero-order chi connectivity index (χ0) is 17.5. The van der Waals surface area contributed by atoms with Gasteiger partial charge in [0.25, 0.3) is 10.1 Å². The Hall–Kier alpha value is -2.45. The Kier molecular flexibility index (Phi) is 4.02. The number of hydrogen-bond donors (Lipinski definition) is 2. The van der Waals surface area contributed by atoms with E-state index < -0.39 is 10.1 Å². The van der Waals surface area contributed by atoms with Gasteiger partial charge in [-0.1, -0.05) is 26.0 Å². The van der Waals surface area contributed by atoms with Crippen molar-refractivity contribution in [1.29, 1.82) is 0 Å². The molecule has 1 aromatic heterocycles. The van der Waals surface area contributed by atoms with Crippen molar-refractivity contribution in [2.24, 2.45) is 0 Å². The van der Waals surface area contributed by atoms with Gasteiger partial charge in [0, 0.05) is 5.56 Å². The summed E-state index contributed by atoms with van der Waals surface area (Å²) in [6, 6.07) is 9.58. The number of hydrogen-bond acceptors (Lipinski definition) is 5. The largest absolute Gasteiger partial charge is 0.505 e. The number of nitrogens with zero attached hydrogens (tertiary/aromatic N) is 3. The summed E-state index contributed by atoms with van der Waals surface area (Å²) in [6.07, 6.45) is 0.691. The van der Waals surface area contributed by atoms with Crippen LogP contribution < -0.4 is 0 Å². The highest BCUT2D eigenvalue weighted by Gasteiger charge is 2.22. The molecule has 3 rings (SSSR count). The highest BCUT2D eigenvalue weighted by Crippen LogP contribution is 2.35. The van der Waals surface area contributed by atoms with Gasteiger partial charge in [-0.3, -0.25) is 4.55 Å². The molecule has 2 N–H and O–H groups in total. The molecular formula is C16H17N3O4S. The Morgan fingerprint density at radius 3 is 2.25 bits per heavy atom. The van der Waals surface area contributed by atoms with Gasteiger partial charge < -0.3 is 5.11 Å². The van der Waals surface area contributed by atoms with Crippen molar-refractivity contribution < 1.29 is 18.1 Å². The molecule has 0 radical (unpaired) electrons. The third kappa shape index (κ3) is 2.85. The van der Waals surface area contributed by atoms with Gasteiger partial charge in [0.15, 0.2) is 0 Å². The monoisotopic (exact) mass is 347 g/mol. The first-order chi connectivity index (χ1) is 11.3. The molecule has 0 spiro atoms. The van der Waals surface area contributed by atoms with Crippen LogP contribution in [0.1, 0.15) is 31.7 Å². The van der Waals surface area contributed by atoms with Crippen molar-refractivity contribution in [3.05, 3.63) is 42.0 Å². The van der Waals surface area contributed by atoms with Crippen LogP contribution in [-0.4, -0.2) is 33.1 Å². The van der Waals surface area contributed by atoms with Crippen LogP contribution in [0.4, 0.5) is 0 Å². The lowest BCUT2D eigenvalue weighted by molar-refractivity contribution is 0.452. The number of aromatic nitrogens is 3. The summed E-state index contributed by atoms with van der Waals surface area (Å²) in [5.41, 5.74) is 1.75. The average Bonchev–Trinajstić information content (AvgIpc) is 2.97. The van der Waals surface area contributed by atoms with E-state index in [2.05, 4.69) is 10.2 Å².